The Morgan fingerprint density at radius 1 is 0.689 bits per heavy atom. The van der Waals surface area contributed by atoms with E-state index in [0.29, 0.717) is 25.7 Å². The number of aliphatic hydroxyl groups is 2. The van der Waals surface area contributed by atoms with Crippen LogP contribution in [0, 0.1) is 5.41 Å². The van der Waals surface area contributed by atoms with Crippen molar-refractivity contribution in [1.29, 1.82) is 0 Å². The van der Waals surface area contributed by atoms with E-state index in [0.717, 1.165) is 0 Å². The molecule has 262 valence electrons. The van der Waals surface area contributed by atoms with Crippen LogP contribution in [0.15, 0.2) is 0 Å². The number of hydrogen-bond donors (Lipinski definition) is 4. The Labute approximate surface area is 266 Å². The van der Waals surface area contributed by atoms with Crippen molar-refractivity contribution in [2.24, 2.45) is 5.41 Å². The first kappa shape index (κ1) is 42.1. The molecule has 0 aromatic rings. The van der Waals surface area contributed by atoms with Gasteiger partial charge in [-0.3, -0.25) is 0 Å². The number of aliphatic hydroxyl groups excluding tert-OH is 1. The predicted molar refractivity (Wildman–Crippen MR) is 163 cm³/mol. The SMILES string of the molecule is CCCCC(NC(=O)OC(C)(C)C)C(=O)OP(=O)(OC(=O)C(CCCC)NC(=O)OC(C)(C)C)OC(=O)C(O)(CO)C(C)(C)C. The molecule has 4 N–H and O–H groups in total. The monoisotopic (exact) mass is 668 g/mol. The number of carbonyl (C=O) groups excluding carboxylic acids is 5. The average molecular weight is 669 g/mol. The Hall–Kier alpha value is -2.90. The molecule has 0 spiro atoms. The number of unbranched alkanes of at least 4 members (excludes halogenated alkanes) is 2. The van der Waals surface area contributed by atoms with Gasteiger partial charge in [-0.05, 0) is 54.4 Å². The van der Waals surface area contributed by atoms with Crippen LogP contribution in [-0.4, -0.2) is 75.8 Å². The quantitative estimate of drug-likeness (QED) is 0.175. The number of phosphoric acid groups is 1. The lowest BCUT2D eigenvalue weighted by atomic mass is 9.77. The minimum atomic E-state index is -5.61. The van der Waals surface area contributed by atoms with Gasteiger partial charge in [0.2, 0.25) is 0 Å². The zero-order chi connectivity index (χ0) is 35.4. The maximum Gasteiger partial charge on any atom is 0.654 e. The van der Waals surface area contributed by atoms with Gasteiger partial charge in [0, 0.05) is 5.41 Å². The zero-order valence-electron chi connectivity index (χ0n) is 28.4. The fourth-order valence-corrected chi connectivity index (χ4v) is 4.56. The summed E-state index contributed by atoms with van der Waals surface area (Å²) >= 11 is 0. The molecule has 0 bridgehead atoms. The van der Waals surface area contributed by atoms with Crippen molar-refractivity contribution in [2.45, 2.75) is 144 Å². The largest absolute Gasteiger partial charge is 0.654 e. The van der Waals surface area contributed by atoms with Gasteiger partial charge in [0.25, 0.3) is 0 Å². The molecule has 0 aliphatic heterocycles. The highest BCUT2D eigenvalue weighted by atomic mass is 31.2. The fourth-order valence-electron chi connectivity index (χ4n) is 3.40. The molecule has 16 heteroatoms. The first-order valence-electron chi connectivity index (χ1n) is 15.0. The molecule has 0 aliphatic rings. The second-order valence-electron chi connectivity index (χ2n) is 13.6. The predicted octanol–water partition coefficient (Wildman–Crippen LogP) is 4.66. The number of amides is 2. The van der Waals surface area contributed by atoms with Crippen molar-refractivity contribution in [3.63, 3.8) is 0 Å². The minimum Gasteiger partial charge on any atom is -0.444 e. The summed E-state index contributed by atoms with van der Waals surface area (Å²) in [5.74, 6) is -4.55. The number of phosphoric ester groups is 1. The number of alkyl carbamates (subject to hydrolysis) is 2. The maximum absolute atomic E-state index is 13.9. The van der Waals surface area contributed by atoms with Crippen molar-refractivity contribution in [2.75, 3.05) is 6.61 Å². The molecular weight excluding hydrogens is 615 g/mol. The molecule has 0 aromatic carbocycles. The van der Waals surface area contributed by atoms with Crippen LogP contribution < -0.4 is 10.6 Å². The number of carbonyl (C=O) groups is 5. The van der Waals surface area contributed by atoms with Crippen LogP contribution in [0.1, 0.15) is 115 Å². The number of nitrogens with one attached hydrogen (secondary N) is 2. The molecule has 0 radical (unpaired) electrons. The van der Waals surface area contributed by atoms with Gasteiger partial charge in [0.1, 0.15) is 23.3 Å². The summed E-state index contributed by atoms with van der Waals surface area (Å²) in [6.07, 6.45) is -0.158. The molecule has 3 atom stereocenters. The van der Waals surface area contributed by atoms with Crippen LogP contribution in [0.2, 0.25) is 0 Å². The lowest BCUT2D eigenvalue weighted by Gasteiger charge is -2.36. The van der Waals surface area contributed by atoms with Gasteiger partial charge in [-0.1, -0.05) is 60.3 Å². The van der Waals surface area contributed by atoms with Gasteiger partial charge >= 0.3 is 37.9 Å². The van der Waals surface area contributed by atoms with Gasteiger partial charge in [-0.25, -0.2) is 24.0 Å². The van der Waals surface area contributed by atoms with E-state index < -0.39 is 78.8 Å². The Morgan fingerprint density at radius 3 is 1.31 bits per heavy atom. The van der Waals surface area contributed by atoms with E-state index in [1.165, 1.54) is 20.8 Å². The highest BCUT2D eigenvalue weighted by molar-refractivity contribution is 7.50. The summed E-state index contributed by atoms with van der Waals surface area (Å²) in [6, 6.07) is -2.97. The third kappa shape index (κ3) is 15.3. The molecule has 0 heterocycles. The van der Waals surface area contributed by atoms with Crippen LogP contribution in [0.25, 0.3) is 0 Å². The van der Waals surface area contributed by atoms with Crippen molar-refractivity contribution in [3.8, 4) is 0 Å². The molecule has 0 saturated heterocycles. The highest BCUT2D eigenvalue weighted by Crippen LogP contribution is 2.52. The van der Waals surface area contributed by atoms with Crippen LogP contribution in [0.3, 0.4) is 0 Å². The molecule has 3 unspecified atom stereocenters. The van der Waals surface area contributed by atoms with E-state index in [-0.39, 0.29) is 12.8 Å². The smallest absolute Gasteiger partial charge is 0.444 e. The standard InChI is InChI=1S/C29H53N2O13P/c1-12-14-16-19(30-24(36)40-27(6,7)8)21(33)42-45(39,44-23(35)29(38,18-32)26(3,4)5)43-22(34)20(17-15-13-2)31-25(37)41-28(9,10)11/h19-20,32,38H,12-18H2,1-11H3,(H,30,36)(H,31,37). The first-order valence-corrected chi connectivity index (χ1v) is 16.4. The van der Waals surface area contributed by atoms with Gasteiger partial charge in [0.05, 0.1) is 6.61 Å². The molecule has 0 rings (SSSR count). The van der Waals surface area contributed by atoms with Gasteiger partial charge in [0.15, 0.2) is 5.60 Å². The first-order chi connectivity index (χ1) is 20.3. The summed E-state index contributed by atoms with van der Waals surface area (Å²) in [7, 11) is -5.61. The summed E-state index contributed by atoms with van der Waals surface area (Å²) in [5, 5.41) is 25.3. The van der Waals surface area contributed by atoms with Crippen molar-refractivity contribution >= 4 is 37.9 Å². The van der Waals surface area contributed by atoms with Crippen LogP contribution in [0.4, 0.5) is 9.59 Å². The van der Waals surface area contributed by atoms with Crippen LogP contribution >= 0.6 is 7.82 Å². The lowest BCUT2D eigenvalue weighted by Crippen LogP contribution is -2.54. The molecule has 45 heavy (non-hydrogen) atoms. The average Bonchev–Trinajstić information content (AvgIpc) is 2.84. The van der Waals surface area contributed by atoms with Crippen molar-refractivity contribution < 1.29 is 61.8 Å². The fraction of sp³-hybridized carbons (Fsp3) is 0.828. The van der Waals surface area contributed by atoms with E-state index in [1.807, 2.05) is 0 Å². The van der Waals surface area contributed by atoms with E-state index in [1.54, 1.807) is 55.4 Å². The molecule has 0 saturated carbocycles. The Balaban J connectivity index is 6.56. The Bertz CT molecular complexity index is 1020. The number of ether oxygens (including phenoxy) is 2. The lowest BCUT2D eigenvalue weighted by molar-refractivity contribution is -0.177. The van der Waals surface area contributed by atoms with E-state index in [4.69, 9.17) is 23.0 Å². The molecule has 2 amide bonds. The minimum absolute atomic E-state index is 0.0294. The third-order valence-electron chi connectivity index (χ3n) is 6.05. The Morgan fingerprint density at radius 2 is 1.04 bits per heavy atom. The summed E-state index contributed by atoms with van der Waals surface area (Å²) in [6.45, 7) is 16.1. The van der Waals surface area contributed by atoms with Crippen molar-refractivity contribution in [1.82, 2.24) is 10.6 Å². The molecular formula is C29H53N2O13P. The van der Waals surface area contributed by atoms with Crippen LogP contribution in [0.5, 0.6) is 0 Å². The molecule has 0 aliphatic carbocycles. The molecule has 15 nitrogen and oxygen atoms in total. The Kier molecular flexibility index (Phi) is 16.0. The molecule has 0 fully saturated rings. The zero-order valence-corrected chi connectivity index (χ0v) is 29.3. The summed E-state index contributed by atoms with van der Waals surface area (Å²) in [5.41, 5.74) is -5.95. The maximum atomic E-state index is 13.9. The normalized spacial score (nSPS) is 16.1. The van der Waals surface area contributed by atoms with Crippen molar-refractivity contribution in [3.05, 3.63) is 0 Å². The number of hydrogen-bond acceptors (Lipinski definition) is 13. The second-order valence-corrected chi connectivity index (χ2v) is 15.0. The number of rotatable bonds is 15. The third-order valence-corrected chi connectivity index (χ3v) is 7.25. The molecule has 0 aromatic heterocycles. The second kappa shape index (κ2) is 17.1. The highest BCUT2D eigenvalue weighted by Gasteiger charge is 2.53. The van der Waals surface area contributed by atoms with E-state index in [2.05, 4.69) is 10.6 Å². The summed E-state index contributed by atoms with van der Waals surface area (Å²) in [4.78, 5) is 64.5. The summed E-state index contributed by atoms with van der Waals surface area (Å²) < 4.78 is 39.1. The van der Waals surface area contributed by atoms with Gasteiger partial charge in [-0.2, -0.15) is 4.57 Å². The topological polar surface area (TPSA) is 213 Å². The van der Waals surface area contributed by atoms with Gasteiger partial charge in [-0.15, -0.1) is 0 Å². The van der Waals surface area contributed by atoms with Crippen LogP contribution in [-0.2, 0) is 42.0 Å². The van der Waals surface area contributed by atoms with E-state index in [9.17, 15) is 38.8 Å². The van der Waals surface area contributed by atoms with Gasteiger partial charge < -0.3 is 43.9 Å². The van der Waals surface area contributed by atoms with E-state index >= 15 is 0 Å².